The number of hydrogen-bond acceptors (Lipinski definition) is 3. The lowest BCUT2D eigenvalue weighted by Crippen LogP contribution is -2.23. The average molecular weight is 437 g/mol. The van der Waals surface area contributed by atoms with Crippen molar-refractivity contribution in [1.82, 2.24) is 5.32 Å². The zero-order valence-electron chi connectivity index (χ0n) is 11.8. The summed E-state index contributed by atoms with van der Waals surface area (Å²) >= 11 is 8.69. The quantitative estimate of drug-likeness (QED) is 0.662. The number of likely N-dealkylation sites (N-methyl/N-ethyl adjacent to an activating group) is 1. The maximum atomic E-state index is 14.3. The molecule has 6 heteroatoms. The summed E-state index contributed by atoms with van der Waals surface area (Å²) in [5.41, 5.74) is 1.78. The van der Waals surface area contributed by atoms with Gasteiger partial charge in [0.1, 0.15) is 0 Å². The molecule has 0 aliphatic carbocycles. The molecule has 1 heterocycles. The normalized spacial score (nSPS) is 12.4. The Labute approximate surface area is 145 Å². The summed E-state index contributed by atoms with van der Waals surface area (Å²) in [7, 11) is 1.48. The molecule has 1 unspecified atom stereocenters. The van der Waals surface area contributed by atoms with E-state index in [2.05, 4.69) is 43.2 Å². The molecular weight excluding hydrogens is 421 g/mol. The molecule has 21 heavy (non-hydrogen) atoms. The minimum atomic E-state index is -0.284. The second kappa shape index (κ2) is 7.72. The minimum Gasteiger partial charge on any atom is -0.494 e. The standard InChI is InChI=1S/C15H16Br2FNOS/c1-3-19-11(10-8-13(16)21-15(10)17)7-9-5-4-6-12(20-2)14(9)18/h4-6,8,11,19H,3,7H2,1-2H3. The zero-order chi connectivity index (χ0) is 15.4. The monoisotopic (exact) mass is 435 g/mol. The van der Waals surface area contributed by atoms with Gasteiger partial charge >= 0.3 is 0 Å². The molecule has 0 saturated heterocycles. The van der Waals surface area contributed by atoms with Gasteiger partial charge in [-0.3, -0.25) is 0 Å². The first-order valence-corrected chi connectivity index (χ1v) is 8.96. The van der Waals surface area contributed by atoms with Gasteiger partial charge in [-0.25, -0.2) is 4.39 Å². The van der Waals surface area contributed by atoms with Crippen LogP contribution >= 0.6 is 43.2 Å². The van der Waals surface area contributed by atoms with Crippen molar-refractivity contribution in [3.63, 3.8) is 0 Å². The van der Waals surface area contributed by atoms with E-state index in [0.29, 0.717) is 12.0 Å². The number of hydrogen-bond donors (Lipinski definition) is 1. The summed E-state index contributed by atoms with van der Waals surface area (Å²) in [6.45, 7) is 2.86. The first kappa shape index (κ1) is 16.9. The number of halogens is 3. The highest BCUT2D eigenvalue weighted by Gasteiger charge is 2.19. The average Bonchev–Trinajstić information content (AvgIpc) is 2.79. The van der Waals surface area contributed by atoms with Crippen molar-refractivity contribution in [2.45, 2.75) is 19.4 Å². The minimum absolute atomic E-state index is 0.0496. The van der Waals surface area contributed by atoms with Gasteiger partial charge in [-0.2, -0.15) is 0 Å². The maximum Gasteiger partial charge on any atom is 0.168 e. The fourth-order valence-electron chi connectivity index (χ4n) is 2.22. The molecule has 0 amide bonds. The van der Waals surface area contributed by atoms with Crippen LogP contribution in [0.5, 0.6) is 5.75 Å². The number of thiophene rings is 1. The second-order valence-corrected chi connectivity index (χ2v) is 8.28. The first-order valence-electron chi connectivity index (χ1n) is 6.56. The molecule has 114 valence electrons. The van der Waals surface area contributed by atoms with Gasteiger partial charge in [0.05, 0.1) is 14.7 Å². The Morgan fingerprint density at radius 3 is 2.71 bits per heavy atom. The van der Waals surface area contributed by atoms with Gasteiger partial charge in [-0.15, -0.1) is 11.3 Å². The summed E-state index contributed by atoms with van der Waals surface area (Å²) in [4.78, 5) is 0. The van der Waals surface area contributed by atoms with E-state index >= 15 is 0 Å². The summed E-state index contributed by atoms with van der Waals surface area (Å²) in [6.07, 6.45) is 0.568. The molecule has 0 aliphatic heterocycles. The van der Waals surface area contributed by atoms with E-state index < -0.39 is 0 Å². The van der Waals surface area contributed by atoms with Crippen molar-refractivity contribution in [2.75, 3.05) is 13.7 Å². The molecule has 0 saturated carbocycles. The number of methoxy groups -OCH3 is 1. The van der Waals surface area contributed by atoms with Crippen LogP contribution < -0.4 is 10.1 Å². The van der Waals surface area contributed by atoms with E-state index in [9.17, 15) is 4.39 Å². The molecule has 0 aliphatic rings. The second-order valence-electron chi connectivity index (χ2n) is 4.53. The SMILES string of the molecule is CCNC(Cc1cccc(OC)c1F)c1cc(Br)sc1Br. The third-order valence-electron chi connectivity index (χ3n) is 3.20. The van der Waals surface area contributed by atoms with Crippen LogP contribution in [0.15, 0.2) is 31.8 Å². The summed E-state index contributed by atoms with van der Waals surface area (Å²) in [5.74, 6) is 0.00151. The first-order chi connectivity index (χ1) is 10.1. The van der Waals surface area contributed by atoms with Gasteiger partial charge in [0, 0.05) is 6.04 Å². The largest absolute Gasteiger partial charge is 0.494 e. The predicted molar refractivity (Wildman–Crippen MR) is 92.8 cm³/mol. The molecule has 2 aromatic rings. The molecular formula is C15H16Br2FNOS. The van der Waals surface area contributed by atoms with Crippen LogP contribution in [0.4, 0.5) is 4.39 Å². The highest BCUT2D eigenvalue weighted by Crippen LogP contribution is 2.37. The lowest BCUT2D eigenvalue weighted by molar-refractivity contribution is 0.382. The number of ether oxygens (including phenoxy) is 1. The fourth-order valence-corrected chi connectivity index (χ4v) is 5.19. The van der Waals surface area contributed by atoms with Crippen LogP contribution in [0.1, 0.15) is 24.1 Å². The molecule has 2 rings (SSSR count). The van der Waals surface area contributed by atoms with E-state index in [-0.39, 0.29) is 17.6 Å². The van der Waals surface area contributed by atoms with Gasteiger partial charge in [-0.1, -0.05) is 19.1 Å². The molecule has 0 spiro atoms. The zero-order valence-corrected chi connectivity index (χ0v) is 15.7. The third-order valence-corrected chi connectivity index (χ3v) is 5.58. The van der Waals surface area contributed by atoms with Crippen LogP contribution in [0.3, 0.4) is 0 Å². The molecule has 1 aromatic heterocycles. The molecule has 2 nitrogen and oxygen atoms in total. The van der Waals surface area contributed by atoms with Crippen LogP contribution in [-0.4, -0.2) is 13.7 Å². The van der Waals surface area contributed by atoms with Crippen LogP contribution in [0.25, 0.3) is 0 Å². The lowest BCUT2D eigenvalue weighted by Gasteiger charge is -2.18. The van der Waals surface area contributed by atoms with Crippen molar-refractivity contribution in [3.8, 4) is 5.75 Å². The predicted octanol–water partition coefficient (Wildman–Crippen LogP) is 5.31. The molecule has 1 atom stereocenters. The van der Waals surface area contributed by atoms with E-state index in [1.165, 1.54) is 7.11 Å². The highest BCUT2D eigenvalue weighted by atomic mass is 79.9. The van der Waals surface area contributed by atoms with Gasteiger partial charge in [-0.05, 0) is 68.1 Å². The van der Waals surface area contributed by atoms with Crippen LogP contribution in [-0.2, 0) is 6.42 Å². The Morgan fingerprint density at radius 1 is 1.38 bits per heavy atom. The van der Waals surface area contributed by atoms with Crippen molar-refractivity contribution >= 4 is 43.2 Å². The van der Waals surface area contributed by atoms with Crippen molar-refractivity contribution in [2.24, 2.45) is 0 Å². The van der Waals surface area contributed by atoms with Crippen molar-refractivity contribution in [1.29, 1.82) is 0 Å². The van der Waals surface area contributed by atoms with Crippen LogP contribution in [0, 0.1) is 5.82 Å². The Balaban J connectivity index is 2.30. The Kier molecular flexibility index (Phi) is 6.22. The Hall–Kier alpha value is -0.430. The van der Waals surface area contributed by atoms with Crippen LogP contribution in [0.2, 0.25) is 0 Å². The Bertz CT molecular complexity index is 618. The highest BCUT2D eigenvalue weighted by molar-refractivity contribution is 9.12. The number of benzene rings is 1. The number of rotatable bonds is 6. The van der Waals surface area contributed by atoms with E-state index in [0.717, 1.165) is 19.7 Å². The summed E-state index contributed by atoms with van der Waals surface area (Å²) in [6, 6.07) is 7.38. The molecule has 0 radical (unpaired) electrons. The summed E-state index contributed by atoms with van der Waals surface area (Å²) in [5, 5.41) is 3.41. The number of nitrogens with one attached hydrogen (secondary N) is 1. The van der Waals surface area contributed by atoms with Gasteiger partial charge in [0.15, 0.2) is 11.6 Å². The molecule has 0 bridgehead atoms. The van der Waals surface area contributed by atoms with Gasteiger partial charge < -0.3 is 10.1 Å². The van der Waals surface area contributed by atoms with Gasteiger partial charge in [0.2, 0.25) is 0 Å². The maximum absolute atomic E-state index is 14.3. The van der Waals surface area contributed by atoms with E-state index in [1.54, 1.807) is 23.5 Å². The van der Waals surface area contributed by atoms with Crippen molar-refractivity contribution in [3.05, 3.63) is 48.8 Å². The molecule has 1 N–H and O–H groups in total. The fraction of sp³-hybridized carbons (Fsp3) is 0.333. The lowest BCUT2D eigenvalue weighted by atomic mass is 10.0. The van der Waals surface area contributed by atoms with Gasteiger partial charge in [0.25, 0.3) is 0 Å². The summed E-state index contributed by atoms with van der Waals surface area (Å²) < 4.78 is 21.5. The van der Waals surface area contributed by atoms with E-state index in [4.69, 9.17) is 4.74 Å². The molecule has 0 fully saturated rings. The Morgan fingerprint density at radius 2 is 2.14 bits per heavy atom. The smallest absolute Gasteiger partial charge is 0.168 e. The third kappa shape index (κ3) is 4.06. The van der Waals surface area contributed by atoms with Crippen molar-refractivity contribution < 1.29 is 9.13 Å². The molecule has 1 aromatic carbocycles. The topological polar surface area (TPSA) is 21.3 Å². The van der Waals surface area contributed by atoms with E-state index in [1.807, 2.05) is 13.0 Å².